The van der Waals surface area contributed by atoms with Crippen LogP contribution in [0.1, 0.15) is 5.56 Å². The van der Waals surface area contributed by atoms with Crippen molar-refractivity contribution in [3.63, 3.8) is 0 Å². The number of hydrogen-bond acceptors (Lipinski definition) is 2. The lowest BCUT2D eigenvalue weighted by Crippen LogP contribution is -2.38. The van der Waals surface area contributed by atoms with E-state index in [2.05, 4.69) is 22.6 Å². The fourth-order valence-corrected chi connectivity index (χ4v) is 2.65. The van der Waals surface area contributed by atoms with Gasteiger partial charge in [-0.1, -0.05) is 0 Å². The first-order valence-electron chi connectivity index (χ1n) is 6.21. The van der Waals surface area contributed by atoms with Gasteiger partial charge >= 0.3 is 0 Å². The van der Waals surface area contributed by atoms with Crippen molar-refractivity contribution in [2.24, 2.45) is 0 Å². The molecular weight excluding hydrogens is 391 g/mol. The van der Waals surface area contributed by atoms with Crippen LogP contribution in [0, 0.1) is 15.2 Å². The topological polar surface area (TPSA) is 29.5 Å². The zero-order valence-corrected chi connectivity index (χ0v) is 12.9. The smallest absolute Gasteiger partial charge is 0.265 e. The Kier molecular flexibility index (Phi) is 3.79. The number of nitrogens with zero attached hydrogens (tertiary/aromatic N) is 1. The largest absolute Gasteiger partial charge is 0.482 e. The zero-order valence-electron chi connectivity index (χ0n) is 10.8. The Labute approximate surface area is 133 Å². The van der Waals surface area contributed by atoms with Crippen molar-refractivity contribution in [2.45, 2.75) is 6.54 Å². The third-order valence-electron chi connectivity index (χ3n) is 3.20. The van der Waals surface area contributed by atoms with E-state index >= 15 is 0 Å². The third-order valence-corrected chi connectivity index (χ3v) is 3.87. The van der Waals surface area contributed by atoms with Crippen LogP contribution in [-0.2, 0) is 11.3 Å². The van der Waals surface area contributed by atoms with E-state index in [1.54, 1.807) is 12.1 Å². The Balaban J connectivity index is 1.98. The molecule has 1 heterocycles. The van der Waals surface area contributed by atoms with Gasteiger partial charge in [-0.25, -0.2) is 8.78 Å². The number of hydrogen-bond donors (Lipinski definition) is 0. The minimum atomic E-state index is -0.539. The maximum Gasteiger partial charge on any atom is 0.265 e. The first-order chi connectivity index (χ1) is 10.0. The van der Waals surface area contributed by atoms with Crippen LogP contribution in [0.5, 0.6) is 5.75 Å². The van der Waals surface area contributed by atoms with Crippen LogP contribution in [0.15, 0.2) is 36.4 Å². The Hall–Kier alpha value is -1.70. The fraction of sp³-hybridized carbons (Fsp3) is 0.133. The van der Waals surface area contributed by atoms with E-state index < -0.39 is 11.6 Å². The summed E-state index contributed by atoms with van der Waals surface area (Å²) < 4.78 is 33.4. The molecule has 3 rings (SSSR count). The number of benzene rings is 2. The summed E-state index contributed by atoms with van der Waals surface area (Å²) in [6.07, 6.45) is 0. The molecular formula is C15H10F2INO2. The van der Waals surface area contributed by atoms with Gasteiger partial charge in [0.05, 0.1) is 12.2 Å². The van der Waals surface area contributed by atoms with Crippen LogP contribution >= 0.6 is 22.6 Å². The molecule has 0 bridgehead atoms. The summed E-state index contributed by atoms with van der Waals surface area (Å²) in [6.45, 7) is -0.136. The Morgan fingerprint density at radius 1 is 1.19 bits per heavy atom. The highest BCUT2D eigenvalue weighted by molar-refractivity contribution is 14.1. The summed E-state index contributed by atoms with van der Waals surface area (Å²) in [4.78, 5) is 13.4. The van der Waals surface area contributed by atoms with E-state index in [9.17, 15) is 13.6 Å². The molecule has 0 aromatic heterocycles. The van der Waals surface area contributed by atoms with Crippen molar-refractivity contribution in [2.75, 3.05) is 11.5 Å². The molecule has 3 nitrogen and oxygen atoms in total. The zero-order chi connectivity index (χ0) is 15.0. The molecule has 0 unspecified atom stereocenters. The molecule has 0 N–H and O–H groups in total. The van der Waals surface area contributed by atoms with Gasteiger partial charge in [0.2, 0.25) is 0 Å². The average molecular weight is 401 g/mol. The van der Waals surface area contributed by atoms with E-state index in [0.717, 1.165) is 21.8 Å². The molecule has 1 aliphatic rings. The molecule has 0 aliphatic carbocycles. The molecule has 1 amide bonds. The standard InChI is InChI=1S/C15H10F2INO2/c16-10-1-3-12(17)9(5-10)7-19-13-4-2-11(18)6-14(13)21-8-15(19)20/h1-6H,7-8H2. The summed E-state index contributed by atoms with van der Waals surface area (Å²) in [5.74, 6) is -0.789. The summed E-state index contributed by atoms with van der Waals surface area (Å²) in [6, 6.07) is 8.59. The summed E-state index contributed by atoms with van der Waals surface area (Å²) in [5, 5.41) is 0. The lowest BCUT2D eigenvalue weighted by atomic mass is 10.1. The van der Waals surface area contributed by atoms with Crippen LogP contribution in [0.2, 0.25) is 0 Å². The third kappa shape index (κ3) is 2.85. The summed E-state index contributed by atoms with van der Waals surface area (Å²) in [7, 11) is 0. The minimum Gasteiger partial charge on any atom is -0.482 e. The minimum absolute atomic E-state index is 0.0284. The second-order valence-corrected chi connectivity index (χ2v) is 5.86. The first kappa shape index (κ1) is 14.2. The van der Waals surface area contributed by atoms with E-state index in [0.29, 0.717) is 11.4 Å². The van der Waals surface area contributed by atoms with Gasteiger partial charge in [-0.2, -0.15) is 0 Å². The molecule has 2 aromatic rings. The molecule has 0 saturated heterocycles. The maximum atomic E-state index is 13.8. The molecule has 0 radical (unpaired) electrons. The second-order valence-electron chi connectivity index (χ2n) is 4.62. The predicted octanol–water partition coefficient (Wildman–Crippen LogP) is 3.50. The molecule has 108 valence electrons. The summed E-state index contributed by atoms with van der Waals surface area (Å²) >= 11 is 2.14. The van der Waals surface area contributed by atoms with Gasteiger partial charge in [-0.05, 0) is 59.0 Å². The van der Waals surface area contributed by atoms with Crippen LogP contribution in [0.4, 0.5) is 14.5 Å². The van der Waals surface area contributed by atoms with Crippen LogP contribution in [0.3, 0.4) is 0 Å². The Morgan fingerprint density at radius 3 is 2.81 bits per heavy atom. The van der Waals surface area contributed by atoms with Crippen LogP contribution in [-0.4, -0.2) is 12.5 Å². The Morgan fingerprint density at radius 2 is 2.00 bits per heavy atom. The highest BCUT2D eigenvalue weighted by atomic mass is 127. The van der Waals surface area contributed by atoms with Gasteiger partial charge in [0.25, 0.3) is 5.91 Å². The Bertz CT molecular complexity index is 721. The van der Waals surface area contributed by atoms with Crippen molar-refractivity contribution in [1.29, 1.82) is 0 Å². The molecule has 0 atom stereocenters. The quantitative estimate of drug-likeness (QED) is 0.722. The lowest BCUT2D eigenvalue weighted by molar-refractivity contribution is -0.121. The van der Waals surface area contributed by atoms with Gasteiger partial charge < -0.3 is 9.64 Å². The van der Waals surface area contributed by atoms with Crippen molar-refractivity contribution in [3.8, 4) is 5.75 Å². The van der Waals surface area contributed by atoms with Crippen LogP contribution < -0.4 is 9.64 Å². The van der Waals surface area contributed by atoms with Crippen molar-refractivity contribution in [1.82, 2.24) is 0 Å². The number of amides is 1. The molecule has 0 fully saturated rings. The van der Waals surface area contributed by atoms with Crippen molar-refractivity contribution in [3.05, 3.63) is 57.2 Å². The molecule has 21 heavy (non-hydrogen) atoms. The van der Waals surface area contributed by atoms with E-state index in [1.807, 2.05) is 6.07 Å². The normalized spacial score (nSPS) is 13.9. The molecule has 0 saturated carbocycles. The highest BCUT2D eigenvalue weighted by Crippen LogP contribution is 2.34. The van der Waals surface area contributed by atoms with Crippen molar-refractivity contribution >= 4 is 34.2 Å². The fourth-order valence-electron chi connectivity index (χ4n) is 2.19. The van der Waals surface area contributed by atoms with Gasteiger partial charge in [0.15, 0.2) is 6.61 Å². The van der Waals surface area contributed by atoms with Gasteiger partial charge in [0, 0.05) is 9.13 Å². The predicted molar refractivity (Wildman–Crippen MR) is 82.2 cm³/mol. The molecule has 2 aromatic carbocycles. The lowest BCUT2D eigenvalue weighted by Gasteiger charge is -2.29. The van der Waals surface area contributed by atoms with Crippen molar-refractivity contribution < 1.29 is 18.3 Å². The van der Waals surface area contributed by atoms with Gasteiger partial charge in [-0.3, -0.25) is 4.79 Å². The number of ether oxygens (including phenoxy) is 1. The SMILES string of the molecule is O=C1COc2cc(I)ccc2N1Cc1cc(F)ccc1F. The molecule has 6 heteroatoms. The number of halogens is 3. The van der Waals surface area contributed by atoms with E-state index in [4.69, 9.17) is 4.74 Å². The maximum absolute atomic E-state index is 13.8. The number of fused-ring (bicyclic) bond motifs is 1. The number of anilines is 1. The van der Waals surface area contributed by atoms with Gasteiger partial charge in [-0.15, -0.1) is 0 Å². The van der Waals surface area contributed by atoms with Gasteiger partial charge in [0.1, 0.15) is 17.4 Å². The second kappa shape index (κ2) is 5.59. The van der Waals surface area contributed by atoms with E-state index in [1.165, 1.54) is 4.90 Å². The average Bonchev–Trinajstić information content (AvgIpc) is 2.45. The van der Waals surface area contributed by atoms with Crippen LogP contribution in [0.25, 0.3) is 0 Å². The van der Waals surface area contributed by atoms with E-state index in [-0.39, 0.29) is 24.6 Å². The molecule has 0 spiro atoms. The highest BCUT2D eigenvalue weighted by Gasteiger charge is 2.26. The monoisotopic (exact) mass is 401 g/mol. The number of carbonyl (C=O) groups is 1. The first-order valence-corrected chi connectivity index (χ1v) is 7.29. The number of carbonyl (C=O) groups excluding carboxylic acids is 1. The summed E-state index contributed by atoms with van der Waals surface area (Å²) in [5.41, 5.74) is 0.699. The molecule has 1 aliphatic heterocycles. The number of rotatable bonds is 2.